The van der Waals surface area contributed by atoms with Crippen LogP contribution in [0.4, 0.5) is 0 Å². The third-order valence-corrected chi connectivity index (χ3v) is 4.99. The number of phenolic OH excluding ortho intramolecular Hbond substituents is 1. The van der Waals surface area contributed by atoms with Crippen LogP contribution in [0.2, 0.25) is 0 Å². The predicted molar refractivity (Wildman–Crippen MR) is 114 cm³/mol. The Morgan fingerprint density at radius 2 is 2.22 bits per heavy atom. The van der Waals surface area contributed by atoms with Crippen LogP contribution in [-0.2, 0) is 0 Å². The molecule has 0 saturated heterocycles. The van der Waals surface area contributed by atoms with Crippen molar-refractivity contribution in [3.63, 3.8) is 0 Å². The summed E-state index contributed by atoms with van der Waals surface area (Å²) >= 11 is 1.58. The van der Waals surface area contributed by atoms with Crippen LogP contribution in [0.5, 0.6) is 5.75 Å². The molecule has 2 heterocycles. The van der Waals surface area contributed by atoms with Crippen molar-refractivity contribution in [3.8, 4) is 17.0 Å². The summed E-state index contributed by atoms with van der Waals surface area (Å²) in [5.74, 6) is 0.227. The standard InChI is InChI=1S/C22H21N3OS/c1-4-5-6-8-16(3)27-22-17(9-7-12-23-22)19-14-20(25-24-19)18-13-15(2)10-11-21(18)26/h4-5,7-14,22-23,26H,1,3H2,2H3,(H,24,25). The van der Waals surface area contributed by atoms with E-state index in [1.165, 1.54) is 0 Å². The Labute approximate surface area is 163 Å². The lowest BCUT2D eigenvalue weighted by Gasteiger charge is -2.21. The fourth-order valence-corrected chi connectivity index (χ4v) is 3.57. The molecule has 4 nitrogen and oxygen atoms in total. The zero-order valence-corrected chi connectivity index (χ0v) is 15.9. The summed E-state index contributed by atoms with van der Waals surface area (Å²) in [7, 11) is 0. The molecule has 0 amide bonds. The second-order valence-electron chi connectivity index (χ2n) is 6.01. The molecule has 27 heavy (non-hydrogen) atoms. The fourth-order valence-electron chi connectivity index (χ4n) is 2.66. The minimum Gasteiger partial charge on any atom is -0.507 e. The summed E-state index contributed by atoms with van der Waals surface area (Å²) < 4.78 is 0. The molecule has 1 aliphatic heterocycles. The van der Waals surface area contributed by atoms with E-state index in [9.17, 15) is 5.11 Å². The molecule has 1 unspecified atom stereocenters. The third-order valence-electron chi connectivity index (χ3n) is 3.95. The quantitative estimate of drug-likeness (QED) is 0.488. The van der Waals surface area contributed by atoms with Crippen molar-refractivity contribution < 1.29 is 5.11 Å². The molecule has 0 radical (unpaired) electrons. The first-order valence-electron chi connectivity index (χ1n) is 8.46. The first-order valence-corrected chi connectivity index (χ1v) is 9.34. The van der Waals surface area contributed by atoms with Crippen molar-refractivity contribution in [2.24, 2.45) is 0 Å². The maximum Gasteiger partial charge on any atom is 0.124 e. The lowest BCUT2D eigenvalue weighted by molar-refractivity contribution is 0.477. The van der Waals surface area contributed by atoms with Crippen LogP contribution in [0.15, 0.2) is 84.6 Å². The normalized spacial score (nSPS) is 15.3. The average molecular weight is 375 g/mol. The van der Waals surface area contributed by atoms with Crippen molar-refractivity contribution in [3.05, 3.63) is 95.9 Å². The number of H-pyrrole nitrogens is 1. The van der Waals surface area contributed by atoms with E-state index in [0.717, 1.165) is 33.0 Å². The van der Waals surface area contributed by atoms with Crippen LogP contribution < -0.4 is 5.32 Å². The van der Waals surface area contributed by atoms with Gasteiger partial charge >= 0.3 is 0 Å². The van der Waals surface area contributed by atoms with Gasteiger partial charge in [0.1, 0.15) is 11.1 Å². The molecule has 1 atom stereocenters. The lowest BCUT2D eigenvalue weighted by atomic mass is 10.1. The molecular weight excluding hydrogens is 354 g/mol. The molecular formula is C22H21N3OS. The van der Waals surface area contributed by atoms with E-state index in [-0.39, 0.29) is 11.1 Å². The van der Waals surface area contributed by atoms with Gasteiger partial charge < -0.3 is 10.4 Å². The highest BCUT2D eigenvalue weighted by atomic mass is 32.2. The second kappa shape index (κ2) is 8.49. The number of thioether (sulfide) groups is 1. The molecule has 3 N–H and O–H groups in total. The van der Waals surface area contributed by atoms with Crippen molar-refractivity contribution >= 4 is 17.3 Å². The van der Waals surface area contributed by atoms with E-state index in [1.807, 2.05) is 49.6 Å². The SMILES string of the molecule is C=CC=C=CC(=C)SC1NC=CC=C1c1cc(-c2cc(C)ccc2O)[nH]n1. The number of rotatable bonds is 6. The minimum absolute atomic E-state index is 0.0217. The largest absolute Gasteiger partial charge is 0.507 e. The van der Waals surface area contributed by atoms with E-state index >= 15 is 0 Å². The van der Waals surface area contributed by atoms with Gasteiger partial charge in [-0.25, -0.2) is 0 Å². The molecule has 1 aliphatic rings. The zero-order chi connectivity index (χ0) is 19.2. The molecule has 136 valence electrons. The van der Waals surface area contributed by atoms with Gasteiger partial charge in [0, 0.05) is 16.0 Å². The molecule has 1 aromatic heterocycles. The van der Waals surface area contributed by atoms with Crippen molar-refractivity contribution in [1.82, 2.24) is 15.5 Å². The second-order valence-corrected chi connectivity index (χ2v) is 7.24. The number of benzene rings is 1. The van der Waals surface area contributed by atoms with Crippen LogP contribution >= 0.6 is 11.8 Å². The molecule has 0 spiro atoms. The first-order chi connectivity index (χ1) is 13.1. The molecule has 0 bridgehead atoms. The Bertz CT molecular complexity index is 991. The summed E-state index contributed by atoms with van der Waals surface area (Å²) in [5.41, 5.74) is 7.44. The summed E-state index contributed by atoms with van der Waals surface area (Å²) in [5, 5.41) is 21.0. The van der Waals surface area contributed by atoms with Gasteiger partial charge in [-0.15, -0.1) is 5.73 Å². The zero-order valence-electron chi connectivity index (χ0n) is 15.1. The maximum absolute atomic E-state index is 10.2. The first kappa shape index (κ1) is 18.6. The van der Waals surface area contributed by atoms with E-state index in [2.05, 4.69) is 34.4 Å². The summed E-state index contributed by atoms with van der Waals surface area (Å²) in [6.45, 7) is 9.68. The number of nitrogens with one attached hydrogen (secondary N) is 2. The van der Waals surface area contributed by atoms with Gasteiger partial charge in [-0.2, -0.15) is 5.10 Å². The monoisotopic (exact) mass is 375 g/mol. The number of hydrogen-bond acceptors (Lipinski definition) is 4. The van der Waals surface area contributed by atoms with Gasteiger partial charge in [-0.3, -0.25) is 5.10 Å². The van der Waals surface area contributed by atoms with Crippen LogP contribution in [-0.4, -0.2) is 20.7 Å². The molecule has 0 fully saturated rings. The van der Waals surface area contributed by atoms with E-state index in [0.29, 0.717) is 0 Å². The van der Waals surface area contributed by atoms with Gasteiger partial charge in [-0.1, -0.05) is 48.7 Å². The van der Waals surface area contributed by atoms with Crippen LogP contribution in [0, 0.1) is 6.92 Å². The number of dihydropyridines is 1. The summed E-state index contributed by atoms with van der Waals surface area (Å²) in [4.78, 5) is 0.874. The van der Waals surface area contributed by atoms with E-state index in [4.69, 9.17) is 0 Å². The van der Waals surface area contributed by atoms with Crippen molar-refractivity contribution in [2.45, 2.75) is 12.3 Å². The average Bonchev–Trinajstić information content (AvgIpc) is 3.14. The predicted octanol–water partition coefficient (Wildman–Crippen LogP) is 5.06. The van der Waals surface area contributed by atoms with Gasteiger partial charge in [0.15, 0.2) is 0 Å². The Kier molecular flexibility index (Phi) is 5.87. The third kappa shape index (κ3) is 4.53. The highest BCUT2D eigenvalue weighted by molar-refractivity contribution is 8.04. The van der Waals surface area contributed by atoms with E-state index in [1.54, 1.807) is 30.0 Å². The Morgan fingerprint density at radius 3 is 3.04 bits per heavy atom. The Balaban J connectivity index is 1.85. The molecule has 0 saturated carbocycles. The number of aromatic amines is 1. The number of phenols is 1. The van der Waals surface area contributed by atoms with Crippen molar-refractivity contribution in [2.75, 3.05) is 0 Å². The molecule has 0 aliphatic carbocycles. The lowest BCUT2D eigenvalue weighted by Crippen LogP contribution is -2.24. The highest BCUT2D eigenvalue weighted by Crippen LogP contribution is 2.34. The number of aromatic hydroxyl groups is 1. The van der Waals surface area contributed by atoms with Gasteiger partial charge in [0.2, 0.25) is 0 Å². The molecule has 3 rings (SSSR count). The highest BCUT2D eigenvalue weighted by Gasteiger charge is 2.21. The van der Waals surface area contributed by atoms with E-state index < -0.39 is 0 Å². The van der Waals surface area contributed by atoms with Crippen LogP contribution in [0.3, 0.4) is 0 Å². The molecule has 5 heteroatoms. The van der Waals surface area contributed by atoms with Crippen molar-refractivity contribution in [1.29, 1.82) is 0 Å². The smallest absolute Gasteiger partial charge is 0.124 e. The van der Waals surface area contributed by atoms with Gasteiger partial charge in [-0.05, 0) is 49.6 Å². The van der Waals surface area contributed by atoms with Gasteiger partial charge in [0.05, 0.1) is 11.4 Å². The molecule has 1 aromatic carbocycles. The maximum atomic E-state index is 10.2. The Hall–Kier alpha value is -3.14. The molecule has 2 aromatic rings. The summed E-state index contributed by atoms with van der Waals surface area (Å²) in [6, 6.07) is 7.46. The number of aromatic nitrogens is 2. The number of hydrogen-bond donors (Lipinski definition) is 3. The van der Waals surface area contributed by atoms with Crippen LogP contribution in [0.1, 0.15) is 11.3 Å². The van der Waals surface area contributed by atoms with Gasteiger partial charge in [0.25, 0.3) is 0 Å². The number of aryl methyl sites for hydroxylation is 1. The summed E-state index contributed by atoms with van der Waals surface area (Å²) in [6.07, 6.45) is 11.1. The minimum atomic E-state index is -0.0217. The van der Waals surface area contributed by atoms with Crippen LogP contribution in [0.25, 0.3) is 16.8 Å². The Morgan fingerprint density at radius 1 is 1.37 bits per heavy atom. The number of allylic oxidation sites excluding steroid dienone is 4. The fraction of sp³-hybridized carbons (Fsp3) is 0.0909. The number of nitrogens with zero attached hydrogens (tertiary/aromatic N) is 1. The topological polar surface area (TPSA) is 60.9 Å².